The van der Waals surface area contributed by atoms with Crippen molar-refractivity contribution in [2.24, 2.45) is 0 Å². The maximum absolute atomic E-state index is 13.0. The Bertz CT molecular complexity index is 307. The van der Waals surface area contributed by atoms with Crippen molar-refractivity contribution < 1.29 is 58.8 Å². The average Bonchev–Trinajstić information content (AvgIpc) is 2.34. The third kappa shape index (κ3) is 17.4. The third-order valence-electron chi connectivity index (χ3n) is 1.80. The highest BCUT2D eigenvalue weighted by Crippen LogP contribution is 2.17. The molecule has 0 aromatic carbocycles. The molecular weight excluding hydrogens is 352 g/mol. The van der Waals surface area contributed by atoms with Crippen LogP contribution in [0.2, 0.25) is 0 Å². The van der Waals surface area contributed by atoms with Crippen LogP contribution in [0.4, 0.5) is 35.1 Å². The molecule has 0 bridgehead atoms. The largest absolute Gasteiger partial charge is 0.522 e. The van der Waals surface area contributed by atoms with E-state index in [0.717, 1.165) is 0 Å². The van der Waals surface area contributed by atoms with Gasteiger partial charge in [0.2, 0.25) is 0 Å². The molecule has 0 aliphatic carbocycles. The second-order valence-electron chi connectivity index (χ2n) is 3.74. The van der Waals surface area contributed by atoms with Gasteiger partial charge in [-0.25, -0.2) is 0 Å². The van der Waals surface area contributed by atoms with Gasteiger partial charge < -0.3 is 14.2 Å². The van der Waals surface area contributed by atoms with E-state index in [9.17, 15) is 35.1 Å². The van der Waals surface area contributed by atoms with Gasteiger partial charge in [-0.2, -0.15) is 8.78 Å². The standard InChI is InChI=1S/C10H14F8O5/c11-8(12,7-20-3-6-23-10(16,17)18)21-4-1-19-2-5-22-9(13,14)15/h1-7H2. The summed E-state index contributed by atoms with van der Waals surface area (Å²) in [5.74, 6) is 0. The topological polar surface area (TPSA) is 46.2 Å². The molecule has 0 N–H and O–H groups in total. The summed E-state index contributed by atoms with van der Waals surface area (Å²) in [5, 5.41) is 0. The lowest BCUT2D eigenvalue weighted by Crippen LogP contribution is -2.30. The van der Waals surface area contributed by atoms with E-state index < -0.39 is 65.1 Å². The first kappa shape index (κ1) is 22.2. The molecule has 0 aliphatic heterocycles. The van der Waals surface area contributed by atoms with Crippen LogP contribution in [0.1, 0.15) is 0 Å². The molecule has 0 fully saturated rings. The summed E-state index contributed by atoms with van der Waals surface area (Å²) in [6.07, 6.45) is -13.5. The summed E-state index contributed by atoms with van der Waals surface area (Å²) in [6.45, 7) is -5.39. The van der Waals surface area contributed by atoms with E-state index in [1.165, 1.54) is 0 Å². The van der Waals surface area contributed by atoms with Crippen molar-refractivity contribution in [2.75, 3.05) is 46.2 Å². The molecular formula is C10H14F8O5. The molecule has 0 heterocycles. The van der Waals surface area contributed by atoms with Crippen LogP contribution in [-0.4, -0.2) is 65.1 Å². The van der Waals surface area contributed by atoms with Crippen LogP contribution in [0.25, 0.3) is 0 Å². The highest BCUT2D eigenvalue weighted by molar-refractivity contribution is 4.50. The minimum Gasteiger partial charge on any atom is -0.377 e. The second kappa shape index (κ2) is 10.2. The lowest BCUT2D eigenvalue weighted by atomic mass is 10.6. The fourth-order valence-electron chi connectivity index (χ4n) is 1.02. The highest BCUT2D eigenvalue weighted by atomic mass is 19.4. The molecule has 0 saturated heterocycles. The Hall–Kier alpha value is -0.760. The molecule has 13 heteroatoms. The van der Waals surface area contributed by atoms with Gasteiger partial charge >= 0.3 is 18.8 Å². The predicted octanol–water partition coefficient (Wildman–Crippen LogP) is 2.70. The van der Waals surface area contributed by atoms with Crippen molar-refractivity contribution in [3.8, 4) is 0 Å². The summed E-state index contributed by atoms with van der Waals surface area (Å²) in [7, 11) is 0. The lowest BCUT2D eigenvalue weighted by molar-refractivity contribution is -0.329. The molecule has 0 saturated carbocycles. The van der Waals surface area contributed by atoms with E-state index >= 15 is 0 Å². The number of ether oxygens (including phenoxy) is 5. The maximum atomic E-state index is 13.0. The Morgan fingerprint density at radius 2 is 0.870 bits per heavy atom. The van der Waals surface area contributed by atoms with Gasteiger partial charge in [-0.3, -0.25) is 9.47 Å². The van der Waals surface area contributed by atoms with Crippen molar-refractivity contribution in [3.05, 3.63) is 0 Å². The molecule has 0 aromatic rings. The van der Waals surface area contributed by atoms with E-state index in [2.05, 4.69) is 23.7 Å². The van der Waals surface area contributed by atoms with Crippen LogP contribution in [0.15, 0.2) is 0 Å². The molecule has 0 atom stereocenters. The molecule has 0 radical (unpaired) electrons. The zero-order chi connectivity index (χ0) is 18.0. The highest BCUT2D eigenvalue weighted by Gasteiger charge is 2.32. The van der Waals surface area contributed by atoms with Crippen molar-refractivity contribution in [1.82, 2.24) is 0 Å². The molecule has 23 heavy (non-hydrogen) atoms. The van der Waals surface area contributed by atoms with Gasteiger partial charge in [0.25, 0.3) is 0 Å². The van der Waals surface area contributed by atoms with E-state index in [4.69, 9.17) is 0 Å². The third-order valence-corrected chi connectivity index (χ3v) is 1.80. The van der Waals surface area contributed by atoms with Crippen LogP contribution in [0.5, 0.6) is 0 Å². The second-order valence-corrected chi connectivity index (χ2v) is 3.74. The van der Waals surface area contributed by atoms with Crippen LogP contribution >= 0.6 is 0 Å². The molecule has 0 aromatic heterocycles. The molecule has 0 spiro atoms. The number of halogens is 8. The van der Waals surface area contributed by atoms with Crippen molar-refractivity contribution in [2.45, 2.75) is 18.8 Å². The predicted molar refractivity (Wildman–Crippen MR) is 56.6 cm³/mol. The fraction of sp³-hybridized carbons (Fsp3) is 1.00. The van der Waals surface area contributed by atoms with Crippen LogP contribution in [0, 0.1) is 0 Å². The van der Waals surface area contributed by atoms with Crippen molar-refractivity contribution >= 4 is 0 Å². The van der Waals surface area contributed by atoms with Crippen molar-refractivity contribution in [3.63, 3.8) is 0 Å². The first-order chi connectivity index (χ1) is 10.4. The summed E-state index contributed by atoms with van der Waals surface area (Å²) in [4.78, 5) is 0. The Morgan fingerprint density at radius 3 is 1.30 bits per heavy atom. The minimum absolute atomic E-state index is 0.437. The number of alkyl halides is 8. The molecule has 0 rings (SSSR count). The zero-order valence-corrected chi connectivity index (χ0v) is 11.5. The maximum Gasteiger partial charge on any atom is 0.522 e. The number of hydrogen-bond donors (Lipinski definition) is 0. The summed E-state index contributed by atoms with van der Waals surface area (Å²) < 4.78 is 115. The normalized spacial score (nSPS) is 13.6. The summed E-state index contributed by atoms with van der Waals surface area (Å²) in [6, 6.07) is 0. The van der Waals surface area contributed by atoms with Gasteiger partial charge in [0.1, 0.15) is 6.61 Å². The first-order valence-electron chi connectivity index (χ1n) is 6.00. The van der Waals surface area contributed by atoms with Gasteiger partial charge in [-0.05, 0) is 0 Å². The van der Waals surface area contributed by atoms with E-state index in [-0.39, 0.29) is 0 Å². The SMILES string of the molecule is FC(F)(F)OCCOCCOC(F)(F)COCCOC(F)(F)F. The van der Waals surface area contributed by atoms with Gasteiger partial charge in [0.05, 0.1) is 39.6 Å². The van der Waals surface area contributed by atoms with Crippen LogP contribution in [0.3, 0.4) is 0 Å². The first-order valence-corrected chi connectivity index (χ1v) is 6.00. The van der Waals surface area contributed by atoms with Gasteiger partial charge in [0, 0.05) is 0 Å². The zero-order valence-electron chi connectivity index (χ0n) is 11.5. The Labute approximate surface area is 125 Å². The van der Waals surface area contributed by atoms with Gasteiger partial charge in [-0.1, -0.05) is 0 Å². The smallest absolute Gasteiger partial charge is 0.377 e. The molecule has 0 amide bonds. The Balaban J connectivity index is 3.54. The van der Waals surface area contributed by atoms with Crippen molar-refractivity contribution in [1.29, 1.82) is 0 Å². The number of rotatable bonds is 12. The molecule has 5 nitrogen and oxygen atoms in total. The fourth-order valence-corrected chi connectivity index (χ4v) is 1.02. The summed E-state index contributed by atoms with van der Waals surface area (Å²) in [5.41, 5.74) is 0. The van der Waals surface area contributed by atoms with Gasteiger partial charge in [-0.15, -0.1) is 26.3 Å². The van der Waals surface area contributed by atoms with E-state index in [1.54, 1.807) is 0 Å². The monoisotopic (exact) mass is 366 g/mol. The Kier molecular flexibility index (Phi) is 9.84. The number of hydrogen-bond acceptors (Lipinski definition) is 5. The Morgan fingerprint density at radius 1 is 0.478 bits per heavy atom. The summed E-state index contributed by atoms with van der Waals surface area (Å²) >= 11 is 0. The van der Waals surface area contributed by atoms with E-state index in [0.29, 0.717) is 0 Å². The van der Waals surface area contributed by atoms with Crippen LogP contribution < -0.4 is 0 Å². The molecule has 0 aliphatic rings. The quantitative estimate of drug-likeness (QED) is 0.393. The molecule has 140 valence electrons. The molecule has 0 unspecified atom stereocenters. The lowest BCUT2D eigenvalue weighted by Gasteiger charge is -2.17. The van der Waals surface area contributed by atoms with Crippen LogP contribution in [-0.2, 0) is 23.7 Å². The minimum atomic E-state index is -4.88. The van der Waals surface area contributed by atoms with E-state index in [1.807, 2.05) is 0 Å². The average molecular weight is 366 g/mol. The van der Waals surface area contributed by atoms with Gasteiger partial charge in [0.15, 0.2) is 0 Å².